The molecule has 1 aliphatic rings. The SMILES string of the molecule is CC(C)[C@H](N)C(=O)N(C)CC1CCN(Cc2ccccc2)C1. The van der Waals surface area contributed by atoms with Gasteiger partial charge in [-0.25, -0.2) is 0 Å². The first kappa shape index (κ1) is 17.0. The first-order valence-corrected chi connectivity index (χ1v) is 8.24. The highest BCUT2D eigenvalue weighted by atomic mass is 16.2. The average molecular weight is 303 g/mol. The molecule has 0 spiro atoms. The summed E-state index contributed by atoms with van der Waals surface area (Å²) in [4.78, 5) is 16.5. The number of carbonyl (C=O) groups is 1. The van der Waals surface area contributed by atoms with Crippen LogP contribution in [0, 0.1) is 11.8 Å². The fourth-order valence-corrected chi connectivity index (χ4v) is 3.06. The van der Waals surface area contributed by atoms with E-state index in [1.807, 2.05) is 25.8 Å². The standard InChI is InChI=1S/C18H29N3O/c1-14(2)17(19)18(22)20(3)11-16-9-10-21(13-16)12-15-7-5-4-6-8-15/h4-8,14,16-17H,9-13,19H2,1-3H3/t16?,17-/m0/s1. The number of amides is 1. The largest absolute Gasteiger partial charge is 0.344 e. The Morgan fingerprint density at radius 2 is 2.05 bits per heavy atom. The molecule has 1 unspecified atom stereocenters. The van der Waals surface area contributed by atoms with Crippen molar-refractivity contribution < 1.29 is 4.79 Å². The molecule has 1 saturated heterocycles. The molecule has 1 amide bonds. The molecule has 22 heavy (non-hydrogen) atoms. The van der Waals surface area contributed by atoms with Crippen LogP contribution in [0.2, 0.25) is 0 Å². The monoisotopic (exact) mass is 303 g/mol. The summed E-state index contributed by atoms with van der Waals surface area (Å²) in [7, 11) is 1.88. The van der Waals surface area contributed by atoms with Crippen molar-refractivity contribution in [3.63, 3.8) is 0 Å². The molecule has 0 radical (unpaired) electrons. The number of carbonyl (C=O) groups excluding carboxylic acids is 1. The number of nitrogens with two attached hydrogens (primary N) is 1. The normalized spacial score (nSPS) is 20.3. The molecular formula is C18H29N3O. The van der Waals surface area contributed by atoms with Gasteiger partial charge in [0.15, 0.2) is 0 Å². The summed E-state index contributed by atoms with van der Waals surface area (Å²) in [5.41, 5.74) is 7.32. The molecule has 1 heterocycles. The Morgan fingerprint density at radius 1 is 1.36 bits per heavy atom. The van der Waals surface area contributed by atoms with E-state index in [0.29, 0.717) is 5.92 Å². The smallest absolute Gasteiger partial charge is 0.239 e. The minimum atomic E-state index is -0.383. The van der Waals surface area contributed by atoms with Crippen LogP contribution in [0.4, 0.5) is 0 Å². The highest BCUT2D eigenvalue weighted by Crippen LogP contribution is 2.20. The quantitative estimate of drug-likeness (QED) is 0.874. The molecule has 1 aromatic carbocycles. The van der Waals surface area contributed by atoms with Crippen LogP contribution in [0.25, 0.3) is 0 Å². The maximum atomic E-state index is 12.2. The van der Waals surface area contributed by atoms with Gasteiger partial charge >= 0.3 is 0 Å². The Hall–Kier alpha value is -1.39. The minimum Gasteiger partial charge on any atom is -0.344 e. The summed E-state index contributed by atoms with van der Waals surface area (Å²) in [6.45, 7) is 7.97. The second kappa shape index (κ2) is 7.75. The number of hydrogen-bond acceptors (Lipinski definition) is 3. The van der Waals surface area contributed by atoms with E-state index < -0.39 is 0 Å². The molecule has 0 aliphatic carbocycles. The summed E-state index contributed by atoms with van der Waals surface area (Å²) < 4.78 is 0. The van der Waals surface area contributed by atoms with E-state index in [2.05, 4.69) is 35.2 Å². The van der Waals surface area contributed by atoms with Crippen LogP contribution in [0.15, 0.2) is 30.3 Å². The molecule has 4 heteroatoms. The molecule has 0 saturated carbocycles. The summed E-state index contributed by atoms with van der Waals surface area (Å²) >= 11 is 0. The lowest BCUT2D eigenvalue weighted by atomic mass is 10.0. The molecule has 1 fully saturated rings. The van der Waals surface area contributed by atoms with Crippen LogP contribution < -0.4 is 5.73 Å². The summed E-state index contributed by atoms with van der Waals surface area (Å²) in [5.74, 6) is 0.807. The van der Waals surface area contributed by atoms with Crippen molar-refractivity contribution >= 4 is 5.91 Å². The third-order valence-corrected chi connectivity index (χ3v) is 4.53. The third-order valence-electron chi connectivity index (χ3n) is 4.53. The van der Waals surface area contributed by atoms with Gasteiger partial charge in [0.25, 0.3) is 0 Å². The number of hydrogen-bond donors (Lipinski definition) is 1. The Labute approximate surface area is 134 Å². The van der Waals surface area contributed by atoms with Crippen LogP contribution in [0.5, 0.6) is 0 Å². The molecular weight excluding hydrogens is 274 g/mol. The van der Waals surface area contributed by atoms with Gasteiger partial charge in [0.1, 0.15) is 0 Å². The van der Waals surface area contributed by atoms with E-state index in [9.17, 15) is 4.79 Å². The predicted octanol–water partition coefficient (Wildman–Crippen LogP) is 1.95. The Kier molecular flexibility index (Phi) is 5.98. The average Bonchev–Trinajstić information content (AvgIpc) is 2.93. The first-order chi connectivity index (χ1) is 10.5. The number of benzene rings is 1. The zero-order valence-electron chi connectivity index (χ0n) is 14.0. The van der Waals surface area contributed by atoms with Gasteiger partial charge in [-0.15, -0.1) is 0 Å². The maximum absolute atomic E-state index is 12.2. The highest BCUT2D eigenvalue weighted by Gasteiger charge is 2.27. The molecule has 0 aromatic heterocycles. The second-order valence-corrected chi connectivity index (χ2v) is 6.86. The molecule has 4 nitrogen and oxygen atoms in total. The molecule has 122 valence electrons. The minimum absolute atomic E-state index is 0.0662. The van der Waals surface area contributed by atoms with Crippen molar-refractivity contribution in [1.82, 2.24) is 9.80 Å². The van der Waals surface area contributed by atoms with E-state index in [1.54, 1.807) is 0 Å². The summed E-state index contributed by atoms with van der Waals surface area (Å²) in [5, 5.41) is 0. The molecule has 1 aromatic rings. The summed E-state index contributed by atoms with van der Waals surface area (Å²) in [6.07, 6.45) is 1.15. The number of nitrogens with zero attached hydrogens (tertiary/aromatic N) is 2. The molecule has 1 aliphatic heterocycles. The van der Waals surface area contributed by atoms with E-state index >= 15 is 0 Å². The fourth-order valence-electron chi connectivity index (χ4n) is 3.06. The van der Waals surface area contributed by atoms with E-state index in [-0.39, 0.29) is 17.9 Å². The number of likely N-dealkylation sites (N-methyl/N-ethyl adjacent to an activating group) is 1. The van der Waals surface area contributed by atoms with Crippen LogP contribution in [-0.2, 0) is 11.3 Å². The van der Waals surface area contributed by atoms with Gasteiger partial charge in [0.2, 0.25) is 5.91 Å². The van der Waals surface area contributed by atoms with Gasteiger partial charge in [-0.05, 0) is 30.4 Å². The van der Waals surface area contributed by atoms with Gasteiger partial charge in [-0.1, -0.05) is 44.2 Å². The predicted molar refractivity (Wildman–Crippen MR) is 90.3 cm³/mol. The zero-order valence-corrected chi connectivity index (χ0v) is 14.0. The topological polar surface area (TPSA) is 49.6 Å². The van der Waals surface area contributed by atoms with Crippen LogP contribution >= 0.6 is 0 Å². The molecule has 2 atom stereocenters. The van der Waals surface area contributed by atoms with Gasteiger partial charge in [-0.3, -0.25) is 9.69 Å². The Morgan fingerprint density at radius 3 is 2.68 bits per heavy atom. The summed E-state index contributed by atoms with van der Waals surface area (Å²) in [6, 6.07) is 10.2. The lowest BCUT2D eigenvalue weighted by Crippen LogP contribution is -2.46. The second-order valence-electron chi connectivity index (χ2n) is 6.86. The van der Waals surface area contributed by atoms with E-state index in [1.165, 1.54) is 5.56 Å². The van der Waals surface area contributed by atoms with E-state index in [4.69, 9.17) is 5.73 Å². The molecule has 0 bridgehead atoms. The lowest BCUT2D eigenvalue weighted by molar-refractivity contribution is -0.132. The van der Waals surface area contributed by atoms with Gasteiger partial charge in [0.05, 0.1) is 6.04 Å². The van der Waals surface area contributed by atoms with E-state index in [0.717, 1.165) is 32.6 Å². The molecule has 2 rings (SSSR count). The Bertz CT molecular complexity index is 474. The van der Waals surface area contributed by atoms with Crippen molar-refractivity contribution in [2.45, 2.75) is 32.9 Å². The number of rotatable bonds is 6. The van der Waals surface area contributed by atoms with Crippen LogP contribution in [0.3, 0.4) is 0 Å². The van der Waals surface area contributed by atoms with Crippen molar-refractivity contribution in [1.29, 1.82) is 0 Å². The van der Waals surface area contributed by atoms with Crippen molar-refractivity contribution in [2.24, 2.45) is 17.6 Å². The first-order valence-electron chi connectivity index (χ1n) is 8.24. The highest BCUT2D eigenvalue weighted by molar-refractivity contribution is 5.81. The van der Waals surface area contributed by atoms with Crippen molar-refractivity contribution in [3.05, 3.63) is 35.9 Å². The Balaban J connectivity index is 1.80. The van der Waals surface area contributed by atoms with Crippen LogP contribution in [0.1, 0.15) is 25.8 Å². The zero-order chi connectivity index (χ0) is 16.1. The van der Waals surface area contributed by atoms with Crippen molar-refractivity contribution in [3.8, 4) is 0 Å². The molecule has 2 N–H and O–H groups in total. The third kappa shape index (κ3) is 4.55. The van der Waals surface area contributed by atoms with Crippen LogP contribution in [-0.4, -0.2) is 48.4 Å². The fraction of sp³-hybridized carbons (Fsp3) is 0.611. The lowest BCUT2D eigenvalue weighted by Gasteiger charge is -2.26. The maximum Gasteiger partial charge on any atom is 0.239 e. The van der Waals surface area contributed by atoms with Crippen molar-refractivity contribution in [2.75, 3.05) is 26.7 Å². The number of likely N-dealkylation sites (tertiary alicyclic amines) is 1. The van der Waals surface area contributed by atoms with Gasteiger partial charge in [0, 0.05) is 26.7 Å². The van der Waals surface area contributed by atoms with Gasteiger partial charge in [-0.2, -0.15) is 0 Å². The van der Waals surface area contributed by atoms with Gasteiger partial charge < -0.3 is 10.6 Å².